The number of nitrogens with one attached hydrogen (secondary N) is 1. The number of amides is 2. The molecule has 2 amide bonds. The quantitative estimate of drug-likeness (QED) is 0.657. The summed E-state index contributed by atoms with van der Waals surface area (Å²) in [7, 11) is 0. The van der Waals surface area contributed by atoms with E-state index < -0.39 is 0 Å². The Morgan fingerprint density at radius 1 is 1.00 bits per heavy atom. The standard InChI is InChI=1S/C23H24N4O3/c28-22(10-11-23(29)27-14-15-30-21-9-4-3-8-20(21)27)24-16-18-6-1-2-7-19(18)17-26-13-5-12-25-26/h1-9,12-13H,10-11,14-17H2,(H,24,28). The summed E-state index contributed by atoms with van der Waals surface area (Å²) in [6.45, 7) is 2.03. The first-order valence-electron chi connectivity index (χ1n) is 10.0. The average Bonchev–Trinajstić information content (AvgIpc) is 3.29. The van der Waals surface area contributed by atoms with Crippen molar-refractivity contribution in [2.75, 3.05) is 18.1 Å². The molecule has 1 aliphatic heterocycles. The minimum Gasteiger partial charge on any atom is -0.490 e. The van der Waals surface area contributed by atoms with E-state index in [4.69, 9.17) is 4.74 Å². The molecule has 2 heterocycles. The third kappa shape index (κ3) is 4.68. The zero-order valence-corrected chi connectivity index (χ0v) is 16.7. The minimum absolute atomic E-state index is 0.0695. The molecule has 0 atom stereocenters. The predicted octanol–water partition coefficient (Wildman–Crippen LogP) is 2.75. The first kappa shape index (κ1) is 19.7. The Balaban J connectivity index is 1.30. The van der Waals surface area contributed by atoms with Crippen molar-refractivity contribution in [1.82, 2.24) is 15.1 Å². The molecule has 3 aromatic rings. The molecule has 1 N–H and O–H groups in total. The van der Waals surface area contributed by atoms with E-state index in [9.17, 15) is 9.59 Å². The summed E-state index contributed by atoms with van der Waals surface area (Å²) in [5.74, 6) is 0.495. The van der Waals surface area contributed by atoms with E-state index >= 15 is 0 Å². The Morgan fingerprint density at radius 3 is 2.63 bits per heavy atom. The van der Waals surface area contributed by atoms with Crippen molar-refractivity contribution in [2.24, 2.45) is 0 Å². The lowest BCUT2D eigenvalue weighted by Crippen LogP contribution is -2.38. The van der Waals surface area contributed by atoms with Gasteiger partial charge in [0.25, 0.3) is 0 Å². The molecule has 0 saturated carbocycles. The Kier molecular flexibility index (Phi) is 6.08. The largest absolute Gasteiger partial charge is 0.490 e. The number of rotatable bonds is 7. The maximum Gasteiger partial charge on any atom is 0.227 e. The van der Waals surface area contributed by atoms with Crippen LogP contribution in [0.1, 0.15) is 24.0 Å². The summed E-state index contributed by atoms with van der Waals surface area (Å²) in [6, 6.07) is 17.3. The van der Waals surface area contributed by atoms with Crippen LogP contribution >= 0.6 is 0 Å². The molecule has 7 heteroatoms. The highest BCUT2D eigenvalue weighted by atomic mass is 16.5. The van der Waals surface area contributed by atoms with Crippen LogP contribution in [-0.4, -0.2) is 34.7 Å². The number of hydrogen-bond donors (Lipinski definition) is 1. The summed E-state index contributed by atoms with van der Waals surface area (Å²) >= 11 is 0. The molecule has 4 rings (SSSR count). The van der Waals surface area contributed by atoms with Gasteiger partial charge >= 0.3 is 0 Å². The van der Waals surface area contributed by atoms with Gasteiger partial charge in [-0.2, -0.15) is 5.10 Å². The van der Waals surface area contributed by atoms with Crippen molar-refractivity contribution in [3.63, 3.8) is 0 Å². The molecule has 0 unspecified atom stereocenters. The average molecular weight is 404 g/mol. The van der Waals surface area contributed by atoms with Gasteiger partial charge in [0, 0.05) is 31.8 Å². The molecule has 0 radical (unpaired) electrons. The van der Waals surface area contributed by atoms with E-state index in [1.54, 1.807) is 11.1 Å². The molecule has 154 valence electrons. The zero-order valence-electron chi connectivity index (χ0n) is 16.7. The molecule has 1 aromatic heterocycles. The highest BCUT2D eigenvalue weighted by molar-refractivity contribution is 5.97. The predicted molar refractivity (Wildman–Crippen MR) is 113 cm³/mol. The molecule has 7 nitrogen and oxygen atoms in total. The topological polar surface area (TPSA) is 76.5 Å². The lowest BCUT2D eigenvalue weighted by atomic mass is 10.1. The van der Waals surface area contributed by atoms with E-state index in [1.807, 2.05) is 65.5 Å². The molecule has 30 heavy (non-hydrogen) atoms. The Bertz CT molecular complexity index is 1020. The van der Waals surface area contributed by atoms with Crippen LogP contribution in [0.3, 0.4) is 0 Å². The van der Waals surface area contributed by atoms with Crippen molar-refractivity contribution < 1.29 is 14.3 Å². The van der Waals surface area contributed by atoms with Gasteiger partial charge in [-0.1, -0.05) is 36.4 Å². The van der Waals surface area contributed by atoms with E-state index in [2.05, 4.69) is 10.4 Å². The third-order valence-electron chi connectivity index (χ3n) is 5.08. The zero-order chi connectivity index (χ0) is 20.8. The lowest BCUT2D eigenvalue weighted by molar-refractivity contribution is -0.125. The number of nitrogens with zero attached hydrogens (tertiary/aromatic N) is 3. The van der Waals surface area contributed by atoms with Crippen LogP contribution < -0.4 is 15.0 Å². The number of aromatic nitrogens is 2. The minimum atomic E-state index is -0.140. The van der Waals surface area contributed by atoms with Gasteiger partial charge in [-0.05, 0) is 29.3 Å². The lowest BCUT2D eigenvalue weighted by Gasteiger charge is -2.29. The van der Waals surface area contributed by atoms with Crippen molar-refractivity contribution in [2.45, 2.75) is 25.9 Å². The van der Waals surface area contributed by atoms with Gasteiger partial charge in [-0.25, -0.2) is 0 Å². The summed E-state index contributed by atoms with van der Waals surface area (Å²) in [5.41, 5.74) is 2.90. The number of benzene rings is 2. The van der Waals surface area contributed by atoms with Gasteiger partial charge in [-0.15, -0.1) is 0 Å². The Labute approximate surface area is 175 Å². The fourth-order valence-electron chi connectivity index (χ4n) is 3.52. The smallest absolute Gasteiger partial charge is 0.227 e. The van der Waals surface area contributed by atoms with Crippen LogP contribution in [0.4, 0.5) is 5.69 Å². The van der Waals surface area contributed by atoms with Crippen LogP contribution in [0.2, 0.25) is 0 Å². The fourth-order valence-corrected chi connectivity index (χ4v) is 3.52. The Hall–Kier alpha value is -3.61. The normalized spacial score (nSPS) is 12.7. The van der Waals surface area contributed by atoms with Crippen LogP contribution in [0.15, 0.2) is 67.0 Å². The third-order valence-corrected chi connectivity index (χ3v) is 5.08. The molecule has 0 bridgehead atoms. The summed E-state index contributed by atoms with van der Waals surface area (Å²) in [5, 5.41) is 7.17. The molecule has 0 saturated heterocycles. The van der Waals surface area contributed by atoms with Gasteiger partial charge in [-0.3, -0.25) is 14.3 Å². The highest BCUT2D eigenvalue weighted by Gasteiger charge is 2.23. The number of fused-ring (bicyclic) bond motifs is 1. The molecular weight excluding hydrogens is 380 g/mol. The van der Waals surface area contributed by atoms with Gasteiger partial charge in [0.15, 0.2) is 0 Å². The van der Waals surface area contributed by atoms with E-state index in [-0.39, 0.29) is 24.7 Å². The maximum absolute atomic E-state index is 12.7. The van der Waals surface area contributed by atoms with E-state index in [0.717, 1.165) is 16.8 Å². The van der Waals surface area contributed by atoms with Gasteiger partial charge in [0.1, 0.15) is 12.4 Å². The van der Waals surface area contributed by atoms with E-state index in [1.165, 1.54) is 0 Å². The molecule has 1 aliphatic rings. The van der Waals surface area contributed by atoms with Crippen LogP contribution in [0.25, 0.3) is 0 Å². The SMILES string of the molecule is O=C(CCC(=O)N1CCOc2ccccc21)NCc1ccccc1Cn1cccn1. The first-order chi connectivity index (χ1) is 14.7. The second-order valence-corrected chi connectivity index (χ2v) is 7.11. The molecule has 0 spiro atoms. The number of hydrogen-bond acceptors (Lipinski definition) is 4. The monoisotopic (exact) mass is 404 g/mol. The number of ether oxygens (including phenoxy) is 1. The van der Waals surface area contributed by atoms with Gasteiger partial charge in [0.05, 0.1) is 18.8 Å². The molecule has 0 aliphatic carbocycles. The van der Waals surface area contributed by atoms with Crippen molar-refractivity contribution in [1.29, 1.82) is 0 Å². The first-order valence-corrected chi connectivity index (χ1v) is 10.0. The van der Waals surface area contributed by atoms with Crippen molar-refractivity contribution in [3.8, 4) is 5.75 Å². The summed E-state index contributed by atoms with van der Waals surface area (Å²) in [6.07, 6.45) is 3.97. The van der Waals surface area contributed by atoms with Crippen LogP contribution in [0.5, 0.6) is 5.75 Å². The molecular formula is C23H24N4O3. The maximum atomic E-state index is 12.7. The second kappa shape index (κ2) is 9.26. The van der Waals surface area contributed by atoms with Gasteiger partial charge in [0.2, 0.25) is 11.8 Å². The summed E-state index contributed by atoms with van der Waals surface area (Å²) < 4.78 is 7.43. The highest BCUT2D eigenvalue weighted by Crippen LogP contribution is 2.31. The fraction of sp³-hybridized carbons (Fsp3) is 0.261. The van der Waals surface area contributed by atoms with Crippen LogP contribution in [0, 0.1) is 0 Å². The number of para-hydroxylation sites is 2. The van der Waals surface area contributed by atoms with Gasteiger partial charge < -0.3 is 15.0 Å². The van der Waals surface area contributed by atoms with E-state index in [0.29, 0.717) is 32.0 Å². The Morgan fingerprint density at radius 2 is 1.80 bits per heavy atom. The number of anilines is 1. The number of carbonyl (C=O) groups excluding carboxylic acids is 2. The number of carbonyl (C=O) groups is 2. The molecule has 2 aromatic carbocycles. The van der Waals surface area contributed by atoms with Crippen LogP contribution in [-0.2, 0) is 22.7 Å². The van der Waals surface area contributed by atoms with Crippen molar-refractivity contribution in [3.05, 3.63) is 78.1 Å². The second-order valence-electron chi connectivity index (χ2n) is 7.11. The molecule has 0 fully saturated rings. The summed E-state index contributed by atoms with van der Waals surface area (Å²) in [4.78, 5) is 26.7. The van der Waals surface area contributed by atoms with Crippen molar-refractivity contribution >= 4 is 17.5 Å².